The van der Waals surface area contributed by atoms with Gasteiger partial charge >= 0.3 is 5.97 Å². The van der Waals surface area contributed by atoms with Crippen LogP contribution in [0.2, 0.25) is 0 Å². The molecule has 4 heteroatoms. The first-order valence-electron chi connectivity index (χ1n) is 3.17. The molecular formula is C7H9IO2S. The first-order valence-corrected chi connectivity index (χ1v) is 6.53. The lowest BCUT2D eigenvalue weighted by Gasteiger charge is -2.01. The summed E-state index contributed by atoms with van der Waals surface area (Å²) in [6, 6.07) is 0. The molecule has 1 atom stereocenters. The van der Waals surface area contributed by atoms with Gasteiger partial charge in [-0.3, -0.25) is 4.79 Å². The molecule has 0 aliphatic carbocycles. The molecule has 0 spiro atoms. The van der Waals surface area contributed by atoms with E-state index in [0.717, 1.165) is 0 Å². The zero-order chi connectivity index (χ0) is 8.69. The van der Waals surface area contributed by atoms with Crippen molar-refractivity contribution < 1.29 is 9.53 Å². The molecule has 0 heterocycles. The summed E-state index contributed by atoms with van der Waals surface area (Å²) in [5.74, 6) is 2.19. The van der Waals surface area contributed by atoms with E-state index in [-0.39, 0.29) is 11.9 Å². The quantitative estimate of drug-likeness (QED) is 0.442. The van der Waals surface area contributed by atoms with E-state index >= 15 is 0 Å². The molecular weight excluding hydrogens is 275 g/mol. The van der Waals surface area contributed by atoms with Crippen molar-refractivity contribution in [2.45, 2.75) is 13.8 Å². The van der Waals surface area contributed by atoms with Gasteiger partial charge in [0.05, 0.1) is 6.61 Å². The molecule has 0 bridgehead atoms. The number of ether oxygens (including phenoxy) is 1. The SMILES string of the molecule is CCOC(=O)C(C)C#CSI. The Balaban J connectivity index is 3.82. The van der Waals surface area contributed by atoms with E-state index in [1.54, 1.807) is 13.8 Å². The predicted molar refractivity (Wildman–Crippen MR) is 55.2 cm³/mol. The first kappa shape index (κ1) is 11.1. The number of carbonyl (C=O) groups is 1. The standard InChI is InChI=1S/C7H9IO2S/c1-3-10-7(9)6(2)4-5-11-8/h6H,3H2,1-2H3. The molecule has 1 unspecified atom stereocenters. The maximum absolute atomic E-state index is 10.9. The third-order valence-electron chi connectivity index (χ3n) is 0.954. The molecule has 0 saturated carbocycles. The highest BCUT2D eigenvalue weighted by molar-refractivity contribution is 14.2. The van der Waals surface area contributed by atoms with E-state index in [2.05, 4.69) is 32.4 Å². The minimum atomic E-state index is -0.308. The van der Waals surface area contributed by atoms with Crippen LogP contribution in [0.3, 0.4) is 0 Å². The Kier molecular flexibility index (Phi) is 6.87. The Bertz CT molecular complexity index is 183. The van der Waals surface area contributed by atoms with Gasteiger partial charge in [0.2, 0.25) is 0 Å². The molecule has 62 valence electrons. The van der Waals surface area contributed by atoms with Crippen LogP contribution in [-0.2, 0) is 9.53 Å². The van der Waals surface area contributed by atoms with Crippen molar-refractivity contribution >= 4 is 36.1 Å². The zero-order valence-corrected chi connectivity index (χ0v) is 9.36. The maximum Gasteiger partial charge on any atom is 0.320 e. The van der Waals surface area contributed by atoms with E-state index in [1.165, 1.54) is 8.93 Å². The highest BCUT2D eigenvalue weighted by Crippen LogP contribution is 2.08. The number of carbonyl (C=O) groups excluding carboxylic acids is 1. The Morgan fingerprint density at radius 1 is 1.82 bits per heavy atom. The van der Waals surface area contributed by atoms with Crippen molar-refractivity contribution in [1.29, 1.82) is 0 Å². The van der Waals surface area contributed by atoms with Crippen molar-refractivity contribution in [3.05, 3.63) is 0 Å². The molecule has 11 heavy (non-hydrogen) atoms. The molecule has 0 amide bonds. The largest absolute Gasteiger partial charge is 0.465 e. The van der Waals surface area contributed by atoms with Gasteiger partial charge in [-0.15, -0.1) is 0 Å². The van der Waals surface area contributed by atoms with Gasteiger partial charge in [-0.05, 0) is 28.0 Å². The van der Waals surface area contributed by atoms with Gasteiger partial charge in [0.15, 0.2) is 0 Å². The van der Waals surface area contributed by atoms with E-state index in [1.807, 2.05) is 0 Å². The summed E-state index contributed by atoms with van der Waals surface area (Å²) in [7, 11) is 1.37. The smallest absolute Gasteiger partial charge is 0.320 e. The summed E-state index contributed by atoms with van der Waals surface area (Å²) in [6.45, 7) is 3.94. The van der Waals surface area contributed by atoms with Crippen LogP contribution < -0.4 is 0 Å². The minimum absolute atomic E-state index is 0.245. The van der Waals surface area contributed by atoms with Crippen molar-refractivity contribution in [3.63, 3.8) is 0 Å². The lowest BCUT2D eigenvalue weighted by atomic mass is 10.2. The molecule has 0 rings (SSSR count). The van der Waals surface area contributed by atoms with Crippen LogP contribution in [-0.4, -0.2) is 12.6 Å². The number of hydrogen-bond donors (Lipinski definition) is 0. The first-order chi connectivity index (χ1) is 5.22. The van der Waals surface area contributed by atoms with E-state index in [9.17, 15) is 4.79 Å². The van der Waals surface area contributed by atoms with Crippen LogP contribution in [0.5, 0.6) is 0 Å². The fourth-order valence-corrected chi connectivity index (χ4v) is 1.04. The monoisotopic (exact) mass is 284 g/mol. The van der Waals surface area contributed by atoms with Crippen molar-refractivity contribution in [2.75, 3.05) is 6.61 Å². The highest BCUT2D eigenvalue weighted by atomic mass is 127. The highest BCUT2D eigenvalue weighted by Gasteiger charge is 2.09. The molecule has 0 aromatic rings. The van der Waals surface area contributed by atoms with E-state index in [0.29, 0.717) is 6.61 Å². The van der Waals surface area contributed by atoms with Gasteiger partial charge in [-0.2, -0.15) is 0 Å². The number of hydrogen-bond acceptors (Lipinski definition) is 3. The average molecular weight is 284 g/mol. The summed E-state index contributed by atoms with van der Waals surface area (Å²) < 4.78 is 4.75. The zero-order valence-electron chi connectivity index (χ0n) is 6.39. The lowest BCUT2D eigenvalue weighted by molar-refractivity contribution is -0.145. The summed E-state index contributed by atoms with van der Waals surface area (Å²) in [4.78, 5) is 10.9. The molecule has 0 fully saturated rings. The average Bonchev–Trinajstić information content (AvgIpc) is 2.00. The normalized spacial score (nSPS) is 11.2. The van der Waals surface area contributed by atoms with Crippen LogP contribution in [0.1, 0.15) is 13.8 Å². The van der Waals surface area contributed by atoms with Crippen molar-refractivity contribution in [1.82, 2.24) is 0 Å². The van der Waals surface area contributed by atoms with Crippen LogP contribution in [0.15, 0.2) is 0 Å². The van der Waals surface area contributed by atoms with Gasteiger partial charge in [-0.1, -0.05) is 5.92 Å². The summed E-state index contributed by atoms with van der Waals surface area (Å²) in [5, 5.41) is 2.74. The Morgan fingerprint density at radius 2 is 2.45 bits per heavy atom. The molecule has 2 nitrogen and oxygen atoms in total. The van der Waals surface area contributed by atoms with E-state index < -0.39 is 0 Å². The summed E-state index contributed by atoms with van der Waals surface area (Å²) >= 11 is 2.06. The molecule has 0 radical (unpaired) electrons. The van der Waals surface area contributed by atoms with Crippen LogP contribution >= 0.6 is 30.1 Å². The number of halogens is 1. The van der Waals surface area contributed by atoms with Crippen LogP contribution in [0.4, 0.5) is 0 Å². The molecule has 0 N–H and O–H groups in total. The van der Waals surface area contributed by atoms with Gasteiger partial charge in [0.1, 0.15) is 5.92 Å². The topological polar surface area (TPSA) is 26.3 Å². The second kappa shape index (κ2) is 6.80. The maximum atomic E-state index is 10.9. The Morgan fingerprint density at radius 3 is 2.91 bits per heavy atom. The van der Waals surface area contributed by atoms with E-state index in [4.69, 9.17) is 4.74 Å². The van der Waals surface area contributed by atoms with Gasteiger partial charge in [0.25, 0.3) is 0 Å². The summed E-state index contributed by atoms with van der Waals surface area (Å²) in [5.41, 5.74) is 0. The fraction of sp³-hybridized carbons (Fsp3) is 0.571. The van der Waals surface area contributed by atoms with Gasteiger partial charge in [-0.25, -0.2) is 0 Å². The fourth-order valence-electron chi connectivity index (χ4n) is 0.437. The number of esters is 1. The molecule has 0 aromatic carbocycles. The molecule has 0 aromatic heterocycles. The molecule has 0 saturated heterocycles. The molecule has 0 aliphatic heterocycles. The second-order valence-electron chi connectivity index (χ2n) is 1.80. The third kappa shape index (κ3) is 5.39. The third-order valence-corrected chi connectivity index (χ3v) is 1.81. The van der Waals surface area contributed by atoms with Crippen molar-refractivity contribution in [2.24, 2.45) is 5.92 Å². The Hall–Kier alpha value is 0.110. The minimum Gasteiger partial charge on any atom is -0.465 e. The summed E-state index contributed by atoms with van der Waals surface area (Å²) in [6.07, 6.45) is 0. The van der Waals surface area contributed by atoms with Crippen molar-refractivity contribution in [3.8, 4) is 11.2 Å². The number of rotatable bonds is 2. The van der Waals surface area contributed by atoms with Gasteiger partial charge in [0, 0.05) is 21.2 Å². The lowest BCUT2D eigenvalue weighted by Crippen LogP contribution is -2.12. The van der Waals surface area contributed by atoms with Crippen LogP contribution in [0.25, 0.3) is 0 Å². The van der Waals surface area contributed by atoms with Crippen LogP contribution in [0, 0.1) is 17.1 Å². The second-order valence-corrected chi connectivity index (χ2v) is 3.48. The molecule has 0 aliphatic rings. The Labute approximate surface area is 83.0 Å². The predicted octanol–water partition coefficient (Wildman–Crippen LogP) is 2.23. The van der Waals surface area contributed by atoms with Gasteiger partial charge < -0.3 is 4.74 Å².